The largest absolute Gasteiger partial charge is 0.333 e. The summed E-state index contributed by atoms with van der Waals surface area (Å²) in [6.45, 7) is -0.0927. The number of likely N-dealkylation sites (N-methyl/N-ethyl adjacent to an activating group) is 1. The van der Waals surface area contributed by atoms with Gasteiger partial charge in [0.05, 0.1) is 6.54 Å². The Morgan fingerprint density at radius 3 is 2.33 bits per heavy atom. The van der Waals surface area contributed by atoms with Crippen LogP contribution in [0.5, 0.6) is 0 Å². The maximum absolute atomic E-state index is 12.5. The van der Waals surface area contributed by atoms with Gasteiger partial charge in [-0.2, -0.15) is 0 Å². The van der Waals surface area contributed by atoms with E-state index in [-0.39, 0.29) is 11.4 Å². The van der Waals surface area contributed by atoms with E-state index in [1.54, 1.807) is 0 Å². The van der Waals surface area contributed by atoms with Gasteiger partial charge >= 0.3 is 12.1 Å². The van der Waals surface area contributed by atoms with Crippen molar-refractivity contribution >= 4 is 27.8 Å². The Bertz CT molecular complexity index is 936. The minimum Gasteiger partial charge on any atom is -0.322 e. The lowest BCUT2D eigenvalue weighted by atomic mass is 9.99. The zero-order valence-corrected chi connectivity index (χ0v) is 15.9. The molecule has 3 N–H and O–H groups in total. The fourth-order valence-corrected chi connectivity index (χ4v) is 5.06. The molecule has 27 heavy (non-hydrogen) atoms. The number of benzene rings is 1. The molecule has 1 heterocycles. The third-order valence-corrected chi connectivity index (χ3v) is 6.77. The predicted molar refractivity (Wildman–Crippen MR) is 101 cm³/mol. The van der Waals surface area contributed by atoms with Crippen LogP contribution in [0.1, 0.15) is 35.1 Å². The van der Waals surface area contributed by atoms with Gasteiger partial charge in [-0.05, 0) is 60.8 Å². The predicted octanol–water partition coefficient (Wildman–Crippen LogP) is 1.61. The second kappa shape index (κ2) is 6.56. The number of nitrogens with zero attached hydrogens (tertiary/aromatic N) is 1. The molecule has 0 radical (unpaired) electrons. The highest BCUT2D eigenvalue weighted by Gasteiger charge is 2.29. The molecular weight excluding hydrogens is 368 g/mol. The summed E-state index contributed by atoms with van der Waals surface area (Å²) in [4.78, 5) is 25.1. The van der Waals surface area contributed by atoms with Gasteiger partial charge in [0.25, 0.3) is 10.0 Å². The highest BCUT2D eigenvalue weighted by Crippen LogP contribution is 2.38. The first-order valence-electron chi connectivity index (χ1n) is 9.06. The summed E-state index contributed by atoms with van der Waals surface area (Å²) in [6, 6.07) is 1.08. The maximum atomic E-state index is 12.5. The lowest BCUT2D eigenvalue weighted by molar-refractivity contribution is 0.214. The van der Waals surface area contributed by atoms with E-state index in [1.807, 2.05) is 0 Å². The highest BCUT2D eigenvalue weighted by atomic mass is 32.2. The van der Waals surface area contributed by atoms with Crippen LogP contribution in [0.3, 0.4) is 0 Å². The van der Waals surface area contributed by atoms with E-state index in [9.17, 15) is 18.0 Å². The number of hydrogen-bond acceptors (Lipinski definition) is 4. The first kappa shape index (κ1) is 17.8. The molecule has 4 rings (SSSR count). The Morgan fingerprint density at radius 1 is 1.11 bits per heavy atom. The average Bonchev–Trinajstić information content (AvgIpc) is 3.25. The van der Waals surface area contributed by atoms with Gasteiger partial charge in [-0.25, -0.2) is 22.7 Å². The Hall–Kier alpha value is -2.55. The van der Waals surface area contributed by atoms with Crippen LogP contribution < -0.4 is 15.4 Å². The molecule has 1 aromatic carbocycles. The molecule has 144 valence electrons. The van der Waals surface area contributed by atoms with Crippen molar-refractivity contribution < 1.29 is 18.0 Å². The number of anilines is 1. The molecule has 0 bridgehead atoms. The van der Waals surface area contributed by atoms with Crippen molar-refractivity contribution in [1.82, 2.24) is 14.9 Å². The van der Waals surface area contributed by atoms with Crippen LogP contribution in [0, 0.1) is 0 Å². The van der Waals surface area contributed by atoms with Gasteiger partial charge in [0.15, 0.2) is 0 Å². The van der Waals surface area contributed by atoms with Crippen molar-refractivity contribution in [2.45, 2.75) is 38.5 Å². The van der Waals surface area contributed by atoms with E-state index < -0.39 is 22.1 Å². The number of carbonyl (C=O) groups is 2. The Kier molecular flexibility index (Phi) is 4.33. The van der Waals surface area contributed by atoms with Crippen LogP contribution in [-0.4, -0.2) is 39.0 Å². The highest BCUT2D eigenvalue weighted by molar-refractivity contribution is 7.94. The van der Waals surface area contributed by atoms with Crippen LogP contribution in [0.4, 0.5) is 15.3 Å². The summed E-state index contributed by atoms with van der Waals surface area (Å²) in [5, 5.41) is 5.15. The normalized spacial score (nSPS) is 18.5. The summed E-state index contributed by atoms with van der Waals surface area (Å²) >= 11 is 0. The van der Waals surface area contributed by atoms with Crippen molar-refractivity contribution in [1.29, 1.82) is 0 Å². The van der Waals surface area contributed by atoms with Crippen molar-refractivity contribution in [3.05, 3.63) is 39.4 Å². The molecule has 4 amide bonds. The minimum atomic E-state index is -4.04. The average molecular weight is 390 g/mol. The second-order valence-electron chi connectivity index (χ2n) is 7.21. The lowest BCUT2D eigenvalue weighted by Gasteiger charge is -2.23. The number of sulfonamides is 1. The molecule has 0 atom stereocenters. The SMILES string of the molecule is CN1CC(S(=O)(=O)NC(=O)Nc2c3c(cc4c2CCC4)CCC3)=CNC1=O. The molecule has 1 aromatic rings. The van der Waals surface area contributed by atoms with Gasteiger partial charge in [0.1, 0.15) is 4.91 Å². The number of nitrogens with one attached hydrogen (secondary N) is 3. The van der Waals surface area contributed by atoms with Crippen molar-refractivity contribution in [3.63, 3.8) is 0 Å². The van der Waals surface area contributed by atoms with E-state index in [2.05, 4.69) is 21.4 Å². The van der Waals surface area contributed by atoms with E-state index in [0.717, 1.165) is 61.5 Å². The number of urea groups is 2. The Morgan fingerprint density at radius 2 is 1.74 bits per heavy atom. The summed E-state index contributed by atoms with van der Waals surface area (Å²) in [7, 11) is -2.56. The number of hydrogen-bond donors (Lipinski definition) is 3. The van der Waals surface area contributed by atoms with E-state index in [0.29, 0.717) is 0 Å². The number of amides is 4. The molecule has 2 aliphatic carbocycles. The maximum Gasteiger partial charge on any atom is 0.333 e. The smallest absolute Gasteiger partial charge is 0.322 e. The van der Waals surface area contributed by atoms with Crippen LogP contribution in [-0.2, 0) is 35.7 Å². The van der Waals surface area contributed by atoms with Crippen LogP contribution in [0.25, 0.3) is 0 Å². The third-order valence-electron chi connectivity index (χ3n) is 5.38. The molecule has 1 aliphatic heterocycles. The molecular formula is C18H22N4O4S. The summed E-state index contributed by atoms with van der Waals surface area (Å²) in [5.74, 6) is 0. The Labute approximate surface area is 158 Å². The standard InChI is InChI=1S/C18H22N4O4S/c1-22-10-13(9-19-18(22)24)27(25,26)21-17(23)20-16-14-6-2-4-11(14)8-12-5-3-7-15(12)16/h8-9H,2-7,10H2,1H3,(H,19,24)(H2,20,21,23). The molecule has 0 aromatic heterocycles. The molecule has 9 heteroatoms. The molecule has 0 saturated heterocycles. The molecule has 0 saturated carbocycles. The molecule has 3 aliphatic rings. The zero-order chi connectivity index (χ0) is 19.2. The third kappa shape index (κ3) is 3.27. The van der Waals surface area contributed by atoms with Crippen molar-refractivity contribution in [3.8, 4) is 0 Å². The van der Waals surface area contributed by atoms with Gasteiger partial charge in [0, 0.05) is 18.9 Å². The van der Waals surface area contributed by atoms with Crippen LogP contribution >= 0.6 is 0 Å². The zero-order valence-electron chi connectivity index (χ0n) is 15.1. The monoisotopic (exact) mass is 390 g/mol. The number of carbonyl (C=O) groups excluding carboxylic acids is 2. The quantitative estimate of drug-likeness (QED) is 0.729. The van der Waals surface area contributed by atoms with E-state index >= 15 is 0 Å². The summed E-state index contributed by atoms with van der Waals surface area (Å²) in [5.41, 5.74) is 5.56. The molecule has 8 nitrogen and oxygen atoms in total. The molecule has 0 spiro atoms. The first-order valence-corrected chi connectivity index (χ1v) is 10.5. The topological polar surface area (TPSA) is 108 Å². The fraction of sp³-hybridized carbons (Fsp3) is 0.444. The van der Waals surface area contributed by atoms with Crippen LogP contribution in [0.2, 0.25) is 0 Å². The minimum absolute atomic E-state index is 0.0664. The van der Waals surface area contributed by atoms with Crippen molar-refractivity contribution in [2.24, 2.45) is 0 Å². The first-order chi connectivity index (χ1) is 12.8. The van der Waals surface area contributed by atoms with E-state index in [4.69, 9.17) is 0 Å². The number of aryl methyl sites for hydroxylation is 2. The number of fused-ring (bicyclic) bond motifs is 2. The summed E-state index contributed by atoms with van der Waals surface area (Å²) in [6.07, 6.45) is 7.00. The fourth-order valence-electron chi connectivity index (χ4n) is 4.06. The summed E-state index contributed by atoms with van der Waals surface area (Å²) < 4.78 is 27.0. The second-order valence-corrected chi connectivity index (χ2v) is 8.95. The van der Waals surface area contributed by atoms with Gasteiger partial charge < -0.3 is 15.5 Å². The van der Waals surface area contributed by atoms with Gasteiger partial charge in [-0.3, -0.25) is 0 Å². The van der Waals surface area contributed by atoms with Crippen molar-refractivity contribution in [2.75, 3.05) is 18.9 Å². The Balaban J connectivity index is 1.55. The molecule has 0 unspecified atom stereocenters. The lowest BCUT2D eigenvalue weighted by Crippen LogP contribution is -2.45. The van der Waals surface area contributed by atoms with Crippen LogP contribution in [0.15, 0.2) is 17.2 Å². The van der Waals surface area contributed by atoms with Gasteiger partial charge in [0.2, 0.25) is 0 Å². The molecule has 0 fully saturated rings. The van der Waals surface area contributed by atoms with Gasteiger partial charge in [-0.1, -0.05) is 6.07 Å². The van der Waals surface area contributed by atoms with Gasteiger partial charge in [-0.15, -0.1) is 0 Å². The van der Waals surface area contributed by atoms with E-state index in [1.165, 1.54) is 23.1 Å². The number of rotatable bonds is 3.